The van der Waals surface area contributed by atoms with Crippen LogP contribution in [0, 0.1) is 6.57 Å². The zero-order valence-corrected chi connectivity index (χ0v) is 24.1. The number of rotatable bonds is 5. The summed E-state index contributed by atoms with van der Waals surface area (Å²) in [7, 11) is 0. The SMILES string of the molecule is [C-]#[N+]c1ccc(-c2ccc3c(oc4ccccc43)c2-c2nc(-c3ccccc3)nc(-c3ccccc3-c3ccccc3)n2)cc1. The lowest BCUT2D eigenvalue weighted by Crippen LogP contribution is -2.02. The lowest BCUT2D eigenvalue weighted by molar-refractivity contribution is 0.669. The Hall–Kier alpha value is -6.38. The minimum absolute atomic E-state index is 0.510. The molecule has 0 aliphatic carbocycles. The van der Waals surface area contributed by atoms with Crippen molar-refractivity contribution < 1.29 is 4.42 Å². The average Bonchev–Trinajstić information content (AvgIpc) is 3.50. The van der Waals surface area contributed by atoms with Crippen molar-refractivity contribution >= 4 is 27.6 Å². The van der Waals surface area contributed by atoms with Crippen LogP contribution in [0.1, 0.15) is 0 Å². The van der Waals surface area contributed by atoms with Gasteiger partial charge in [0.15, 0.2) is 23.2 Å². The molecule has 8 rings (SSSR count). The van der Waals surface area contributed by atoms with E-state index < -0.39 is 0 Å². The molecule has 0 unspecified atom stereocenters. The summed E-state index contributed by atoms with van der Waals surface area (Å²) in [5.41, 5.74) is 8.61. The third-order valence-corrected chi connectivity index (χ3v) is 8.00. The van der Waals surface area contributed by atoms with E-state index in [0.717, 1.165) is 55.3 Å². The fraction of sp³-hybridized carbons (Fsp3) is 0. The van der Waals surface area contributed by atoms with E-state index in [1.807, 2.05) is 103 Å². The minimum Gasteiger partial charge on any atom is -0.455 e. The monoisotopic (exact) mass is 576 g/mol. The van der Waals surface area contributed by atoms with Crippen molar-refractivity contribution in [1.82, 2.24) is 15.0 Å². The van der Waals surface area contributed by atoms with Crippen LogP contribution >= 0.6 is 0 Å². The summed E-state index contributed by atoms with van der Waals surface area (Å²) in [5.74, 6) is 1.65. The number of benzene rings is 6. The molecule has 0 spiro atoms. The van der Waals surface area contributed by atoms with Gasteiger partial charge in [0.2, 0.25) is 0 Å². The first-order chi connectivity index (χ1) is 22.3. The van der Waals surface area contributed by atoms with E-state index in [-0.39, 0.29) is 0 Å². The molecule has 0 aliphatic heterocycles. The molecule has 0 N–H and O–H groups in total. The number of hydrogen-bond donors (Lipinski definition) is 0. The average molecular weight is 577 g/mol. The van der Waals surface area contributed by atoms with E-state index in [2.05, 4.69) is 47.3 Å². The van der Waals surface area contributed by atoms with Crippen LogP contribution in [0.5, 0.6) is 0 Å². The second-order valence-corrected chi connectivity index (χ2v) is 10.7. The van der Waals surface area contributed by atoms with Crippen LogP contribution in [0.4, 0.5) is 5.69 Å². The summed E-state index contributed by atoms with van der Waals surface area (Å²) >= 11 is 0. The quantitative estimate of drug-likeness (QED) is 0.191. The summed E-state index contributed by atoms with van der Waals surface area (Å²) < 4.78 is 6.58. The minimum atomic E-state index is 0.510. The number of furan rings is 1. The fourth-order valence-corrected chi connectivity index (χ4v) is 5.84. The van der Waals surface area contributed by atoms with Crippen LogP contribution in [0.15, 0.2) is 150 Å². The standard InChI is InChI=1S/C40H24N4O/c1-41-29-22-20-27(21-23-29)31-24-25-33-32-17-10-11-19-35(32)45-37(33)36(31)40-43-38(28-14-6-3-7-15-28)42-39(44-40)34-18-9-8-16-30(34)26-12-4-2-5-13-26/h2-25H. The van der Waals surface area contributed by atoms with Crippen molar-refractivity contribution in [1.29, 1.82) is 0 Å². The summed E-state index contributed by atoms with van der Waals surface area (Å²) in [5, 5.41) is 2.01. The maximum Gasteiger partial charge on any atom is 0.187 e. The molecule has 0 amide bonds. The third kappa shape index (κ3) is 4.71. The molecule has 2 aromatic heterocycles. The molecule has 8 aromatic rings. The fourth-order valence-electron chi connectivity index (χ4n) is 5.84. The Labute approximate surface area is 260 Å². The summed E-state index contributed by atoms with van der Waals surface area (Å²) in [4.78, 5) is 18.9. The molecular formula is C40H24N4O. The Morgan fingerprint density at radius 3 is 1.80 bits per heavy atom. The molecule has 6 aromatic carbocycles. The largest absolute Gasteiger partial charge is 0.455 e. The molecule has 0 fully saturated rings. The topological polar surface area (TPSA) is 56.2 Å². The molecule has 0 radical (unpaired) electrons. The van der Waals surface area contributed by atoms with Gasteiger partial charge in [-0.3, -0.25) is 0 Å². The Bertz CT molecular complexity index is 2370. The van der Waals surface area contributed by atoms with Crippen molar-refractivity contribution in [2.45, 2.75) is 0 Å². The highest BCUT2D eigenvalue weighted by Crippen LogP contribution is 2.42. The predicted molar refractivity (Wildman–Crippen MR) is 181 cm³/mol. The summed E-state index contributed by atoms with van der Waals surface area (Å²) in [6, 6.07) is 48.3. The van der Waals surface area contributed by atoms with Gasteiger partial charge in [-0.05, 0) is 34.4 Å². The molecule has 5 nitrogen and oxygen atoms in total. The van der Waals surface area contributed by atoms with Crippen molar-refractivity contribution in [2.24, 2.45) is 0 Å². The van der Waals surface area contributed by atoms with Gasteiger partial charge in [0.25, 0.3) is 0 Å². The van der Waals surface area contributed by atoms with Crippen molar-refractivity contribution in [3.8, 4) is 56.4 Å². The lowest BCUT2D eigenvalue weighted by Gasteiger charge is -2.14. The van der Waals surface area contributed by atoms with Gasteiger partial charge < -0.3 is 4.42 Å². The van der Waals surface area contributed by atoms with Crippen LogP contribution in [0.25, 0.3) is 83.2 Å². The Morgan fingerprint density at radius 1 is 0.444 bits per heavy atom. The normalized spacial score (nSPS) is 11.1. The number of hydrogen-bond acceptors (Lipinski definition) is 4. The smallest absolute Gasteiger partial charge is 0.187 e. The van der Waals surface area contributed by atoms with E-state index in [0.29, 0.717) is 28.7 Å². The number of fused-ring (bicyclic) bond motifs is 3. The molecule has 0 saturated heterocycles. The Kier molecular flexibility index (Phi) is 6.44. The molecule has 0 bridgehead atoms. The lowest BCUT2D eigenvalue weighted by atomic mass is 9.96. The van der Waals surface area contributed by atoms with Gasteiger partial charge in [0.1, 0.15) is 11.2 Å². The van der Waals surface area contributed by atoms with Crippen molar-refractivity contribution in [3.63, 3.8) is 0 Å². The molecule has 0 saturated carbocycles. The van der Waals surface area contributed by atoms with E-state index in [9.17, 15) is 0 Å². The maximum absolute atomic E-state index is 7.44. The van der Waals surface area contributed by atoms with Crippen LogP contribution in [-0.2, 0) is 0 Å². The van der Waals surface area contributed by atoms with E-state index in [1.54, 1.807) is 0 Å². The van der Waals surface area contributed by atoms with Gasteiger partial charge >= 0.3 is 0 Å². The molecule has 0 aliphatic rings. The molecule has 0 atom stereocenters. The number of para-hydroxylation sites is 1. The predicted octanol–water partition coefficient (Wildman–Crippen LogP) is 10.7. The van der Waals surface area contributed by atoms with Gasteiger partial charge in [0, 0.05) is 21.9 Å². The third-order valence-electron chi connectivity index (χ3n) is 8.00. The van der Waals surface area contributed by atoms with Crippen LogP contribution in [-0.4, -0.2) is 15.0 Å². The number of nitrogens with zero attached hydrogens (tertiary/aromatic N) is 4. The van der Waals surface area contributed by atoms with Gasteiger partial charge in [-0.25, -0.2) is 19.8 Å². The zero-order valence-electron chi connectivity index (χ0n) is 24.1. The first-order valence-electron chi connectivity index (χ1n) is 14.7. The van der Waals surface area contributed by atoms with Gasteiger partial charge in [-0.1, -0.05) is 133 Å². The second-order valence-electron chi connectivity index (χ2n) is 10.7. The van der Waals surface area contributed by atoms with Crippen LogP contribution < -0.4 is 0 Å². The van der Waals surface area contributed by atoms with Crippen LogP contribution in [0.3, 0.4) is 0 Å². The highest BCUT2D eigenvalue weighted by atomic mass is 16.3. The summed E-state index contributed by atoms with van der Waals surface area (Å²) in [6.45, 7) is 7.44. The Morgan fingerprint density at radius 2 is 1.04 bits per heavy atom. The van der Waals surface area contributed by atoms with E-state index in [4.69, 9.17) is 25.9 Å². The number of aromatic nitrogens is 3. The van der Waals surface area contributed by atoms with Crippen LogP contribution in [0.2, 0.25) is 0 Å². The summed E-state index contributed by atoms with van der Waals surface area (Å²) in [6.07, 6.45) is 0. The molecule has 45 heavy (non-hydrogen) atoms. The first-order valence-corrected chi connectivity index (χ1v) is 14.7. The molecule has 210 valence electrons. The zero-order chi connectivity index (χ0) is 30.2. The van der Waals surface area contributed by atoms with E-state index in [1.165, 1.54) is 0 Å². The van der Waals surface area contributed by atoms with Gasteiger partial charge in [0.05, 0.1) is 12.1 Å². The van der Waals surface area contributed by atoms with Crippen molar-refractivity contribution in [3.05, 3.63) is 157 Å². The van der Waals surface area contributed by atoms with Gasteiger partial charge in [-0.2, -0.15) is 0 Å². The highest BCUT2D eigenvalue weighted by molar-refractivity contribution is 6.12. The highest BCUT2D eigenvalue weighted by Gasteiger charge is 2.22. The van der Waals surface area contributed by atoms with Crippen molar-refractivity contribution in [2.75, 3.05) is 0 Å². The molecular weight excluding hydrogens is 552 g/mol. The second kappa shape index (κ2) is 11.0. The van der Waals surface area contributed by atoms with E-state index >= 15 is 0 Å². The molecule has 2 heterocycles. The Balaban J connectivity index is 1.45. The first kappa shape index (κ1) is 26.3. The van der Waals surface area contributed by atoms with Gasteiger partial charge in [-0.15, -0.1) is 0 Å². The maximum atomic E-state index is 7.44. The molecule has 5 heteroatoms.